The Morgan fingerprint density at radius 3 is 2.02 bits per heavy atom. The third kappa shape index (κ3) is 9.71. The molecule has 5 rings (SSSR count). The minimum Gasteiger partial charge on any atom is -0.464 e. The number of carbonyl (C=O) groups is 3. The van der Waals surface area contributed by atoms with Crippen LogP contribution in [-0.4, -0.2) is 36.5 Å². The Labute approximate surface area is 260 Å². The van der Waals surface area contributed by atoms with Gasteiger partial charge in [-0.15, -0.1) is 0 Å². The fourth-order valence-electron chi connectivity index (χ4n) is 4.38. The Balaban J connectivity index is 0.000000730. The zero-order chi connectivity index (χ0) is 29.0. The van der Waals surface area contributed by atoms with E-state index in [9.17, 15) is 14.4 Å². The van der Waals surface area contributed by atoms with Crippen molar-refractivity contribution in [3.05, 3.63) is 147 Å². The van der Waals surface area contributed by atoms with Crippen LogP contribution in [0.3, 0.4) is 0 Å². The number of hydrogen-bond donors (Lipinski definition) is 2. The molecule has 2 N–H and O–H groups in total. The summed E-state index contributed by atoms with van der Waals surface area (Å²) in [5, 5.41) is 7.41. The van der Waals surface area contributed by atoms with E-state index in [-0.39, 0.29) is 29.6 Å². The van der Waals surface area contributed by atoms with Crippen LogP contribution in [0.15, 0.2) is 66.7 Å². The van der Waals surface area contributed by atoms with Crippen LogP contribution in [0.5, 0.6) is 0 Å². The van der Waals surface area contributed by atoms with Crippen LogP contribution in [0.25, 0.3) is 10.8 Å². The van der Waals surface area contributed by atoms with Gasteiger partial charge in [-0.2, -0.15) is 0 Å². The zero-order valence-corrected chi connectivity index (χ0v) is 24.7. The standard InChI is InChI=1S/C30H29N2O4.C5H5.Fe/c1-3-36-30(35)27(17-21-9-5-4-6-10-21)32-28(33)20(2)31-29(34)26-16-15-24-18-23(13-14-25(24)19-26)22-11-7-8-12-22;1-2-4-5-3-1;/h4-16,18-20,27H,3,17H2,1-2H3,(H,31,34)(H,32,33);1-5H;/q;;+2/t20-,27-;;/m0../s1. The van der Waals surface area contributed by atoms with Crippen LogP contribution in [0.1, 0.15) is 35.3 Å². The number of fused-ring (bicyclic) bond motifs is 1. The molecular weight excluding hydrogens is 568 g/mol. The number of hydrogen-bond acceptors (Lipinski definition) is 4. The van der Waals surface area contributed by atoms with Gasteiger partial charge in [0, 0.05) is 17.9 Å². The van der Waals surface area contributed by atoms with Crippen LogP contribution in [0, 0.1) is 63.7 Å². The van der Waals surface area contributed by atoms with Crippen LogP contribution in [0.4, 0.5) is 0 Å². The first-order chi connectivity index (χ1) is 19.9. The molecule has 0 aliphatic heterocycles. The molecule has 2 aliphatic rings. The van der Waals surface area contributed by atoms with Crippen LogP contribution < -0.4 is 10.6 Å². The molecule has 0 unspecified atom stereocenters. The average Bonchev–Trinajstić information content (AvgIpc) is 3.75. The summed E-state index contributed by atoms with van der Waals surface area (Å²) in [5.41, 5.74) is 2.46. The fourth-order valence-corrected chi connectivity index (χ4v) is 4.38. The van der Waals surface area contributed by atoms with E-state index in [1.807, 2.05) is 93.5 Å². The molecule has 2 amide bonds. The van der Waals surface area contributed by atoms with Crippen molar-refractivity contribution in [3.63, 3.8) is 0 Å². The second kappa shape index (κ2) is 17.1. The monoisotopic (exact) mass is 602 g/mol. The molecule has 2 atom stereocenters. The van der Waals surface area contributed by atoms with E-state index in [4.69, 9.17) is 4.74 Å². The van der Waals surface area contributed by atoms with Crippen LogP contribution in [0.2, 0.25) is 0 Å². The van der Waals surface area contributed by atoms with E-state index >= 15 is 0 Å². The Morgan fingerprint density at radius 2 is 1.38 bits per heavy atom. The van der Waals surface area contributed by atoms with E-state index in [1.54, 1.807) is 26.0 Å². The molecule has 214 valence electrons. The van der Waals surface area contributed by atoms with Gasteiger partial charge in [-0.3, -0.25) is 9.59 Å². The van der Waals surface area contributed by atoms with Crippen molar-refractivity contribution < 1.29 is 36.2 Å². The summed E-state index contributed by atoms with van der Waals surface area (Å²) < 4.78 is 5.14. The van der Waals surface area contributed by atoms with Gasteiger partial charge in [0.1, 0.15) is 12.1 Å². The maximum atomic E-state index is 12.9. The van der Waals surface area contributed by atoms with Gasteiger partial charge >= 0.3 is 23.0 Å². The Kier molecular flexibility index (Phi) is 13.6. The first-order valence-corrected chi connectivity index (χ1v) is 13.7. The Bertz CT molecular complexity index is 1300. The predicted molar refractivity (Wildman–Crippen MR) is 161 cm³/mol. The van der Waals surface area contributed by atoms with Crippen molar-refractivity contribution in [3.8, 4) is 0 Å². The smallest absolute Gasteiger partial charge is 0.464 e. The SMILES string of the molecule is CCOC(=O)[C@H](Cc1ccccc1)NC(=O)[C@H](C)NC(=O)c1ccc2cc([C]3[CH][CH][CH][CH]3)ccc2c1.[CH]1[CH][CH][CH][CH]1.[Fe+2]. The molecule has 10 radical (unpaired) electrons. The van der Waals surface area contributed by atoms with Gasteiger partial charge in [-0.25, -0.2) is 4.79 Å². The average molecular weight is 603 g/mol. The first-order valence-electron chi connectivity index (χ1n) is 13.7. The quantitative estimate of drug-likeness (QED) is 0.266. The van der Waals surface area contributed by atoms with Crippen molar-refractivity contribution in [2.24, 2.45) is 0 Å². The molecule has 42 heavy (non-hydrogen) atoms. The second-order valence-electron chi connectivity index (χ2n) is 9.61. The van der Waals surface area contributed by atoms with E-state index in [1.165, 1.54) is 0 Å². The normalized spacial score (nSPS) is 16.0. The summed E-state index contributed by atoms with van der Waals surface area (Å²) in [4.78, 5) is 38.2. The van der Waals surface area contributed by atoms with Crippen molar-refractivity contribution in [1.29, 1.82) is 0 Å². The predicted octanol–water partition coefficient (Wildman–Crippen LogP) is 5.02. The van der Waals surface area contributed by atoms with E-state index in [2.05, 4.69) is 29.5 Å². The van der Waals surface area contributed by atoms with E-state index < -0.39 is 24.0 Å². The maximum Gasteiger partial charge on any atom is 2.00 e. The molecule has 2 aliphatic carbocycles. The van der Waals surface area contributed by atoms with E-state index in [0.717, 1.165) is 27.8 Å². The molecule has 7 heteroatoms. The summed E-state index contributed by atoms with van der Waals surface area (Å²) in [6.07, 6.45) is 18.4. The fraction of sp³-hybridized carbons (Fsp3) is 0.171. The number of esters is 1. The summed E-state index contributed by atoms with van der Waals surface area (Å²) in [6, 6.07) is 19.2. The van der Waals surface area contributed by atoms with Crippen molar-refractivity contribution >= 4 is 28.6 Å². The molecule has 0 bridgehead atoms. The molecule has 6 nitrogen and oxygen atoms in total. The molecule has 3 aromatic carbocycles. The Morgan fingerprint density at radius 1 is 0.762 bits per heavy atom. The van der Waals surface area contributed by atoms with Gasteiger partial charge in [0.25, 0.3) is 5.91 Å². The molecule has 0 spiro atoms. The molecule has 2 saturated carbocycles. The van der Waals surface area contributed by atoms with Crippen molar-refractivity contribution in [2.75, 3.05) is 6.61 Å². The third-order valence-electron chi connectivity index (χ3n) is 6.57. The second-order valence-corrected chi connectivity index (χ2v) is 9.61. The number of nitrogens with one attached hydrogen (secondary N) is 2. The summed E-state index contributed by atoms with van der Waals surface area (Å²) in [6.45, 7) is 3.52. The minimum atomic E-state index is -0.850. The topological polar surface area (TPSA) is 84.5 Å². The Hall–Kier alpha value is -3.15. The summed E-state index contributed by atoms with van der Waals surface area (Å²) in [5.74, 6) is -0.191. The van der Waals surface area contributed by atoms with Gasteiger partial charge < -0.3 is 15.4 Å². The van der Waals surface area contributed by atoms with Gasteiger partial charge in [-0.1, -0.05) is 54.6 Å². The number of rotatable bonds is 9. The molecule has 0 heterocycles. The molecular formula is C35H34FeN2O4+2. The molecule has 0 saturated heterocycles. The minimum absolute atomic E-state index is 0. The van der Waals surface area contributed by atoms with Gasteiger partial charge in [0.05, 0.1) is 6.61 Å². The summed E-state index contributed by atoms with van der Waals surface area (Å²) >= 11 is 0. The number of carbonyl (C=O) groups excluding carboxylic acids is 3. The molecule has 2 fully saturated rings. The maximum absolute atomic E-state index is 12.9. The van der Waals surface area contributed by atoms with E-state index in [0.29, 0.717) is 12.0 Å². The summed E-state index contributed by atoms with van der Waals surface area (Å²) in [7, 11) is 0. The third-order valence-corrected chi connectivity index (χ3v) is 6.57. The number of amides is 2. The zero-order valence-electron chi connectivity index (χ0n) is 23.6. The van der Waals surface area contributed by atoms with Gasteiger partial charge in [-0.05, 0) is 106 Å². The number of benzene rings is 3. The number of ether oxygens (including phenoxy) is 1. The largest absolute Gasteiger partial charge is 2.00 e. The van der Waals surface area contributed by atoms with Gasteiger partial charge in [0.15, 0.2) is 0 Å². The van der Waals surface area contributed by atoms with Crippen LogP contribution >= 0.6 is 0 Å². The van der Waals surface area contributed by atoms with Gasteiger partial charge in [0.2, 0.25) is 5.91 Å². The van der Waals surface area contributed by atoms with Crippen LogP contribution in [-0.2, 0) is 37.8 Å². The first kappa shape index (κ1) is 33.4. The molecule has 0 aromatic heterocycles. The van der Waals surface area contributed by atoms with Crippen molar-refractivity contribution in [2.45, 2.75) is 32.4 Å². The molecule has 3 aromatic rings. The van der Waals surface area contributed by atoms with Crippen molar-refractivity contribution in [1.82, 2.24) is 10.6 Å².